The molecule has 2 amide bonds. The summed E-state index contributed by atoms with van der Waals surface area (Å²) < 4.78 is 0. The van der Waals surface area contributed by atoms with Crippen molar-refractivity contribution in [2.24, 2.45) is 11.8 Å². The summed E-state index contributed by atoms with van der Waals surface area (Å²) >= 11 is 0. The Morgan fingerprint density at radius 3 is 2.58 bits per heavy atom. The van der Waals surface area contributed by atoms with Crippen molar-refractivity contribution in [3.05, 3.63) is 0 Å². The highest BCUT2D eigenvalue weighted by Gasteiger charge is 2.30. The summed E-state index contributed by atoms with van der Waals surface area (Å²) in [6.45, 7) is 1.94. The third-order valence-electron chi connectivity index (χ3n) is 3.64. The van der Waals surface area contributed by atoms with Crippen LogP contribution in [0.1, 0.15) is 32.1 Å². The molecule has 0 aromatic rings. The first-order valence-electron chi connectivity index (χ1n) is 7.04. The average molecular weight is 271 g/mol. The maximum Gasteiger partial charge on any atom is 0.314 e. The molecule has 1 fully saturated rings. The minimum atomic E-state index is -0.735. The predicted molar refractivity (Wildman–Crippen MR) is 73.0 cm³/mol. The van der Waals surface area contributed by atoms with E-state index in [1.165, 1.54) is 0 Å². The van der Waals surface area contributed by atoms with Crippen molar-refractivity contribution >= 4 is 12.0 Å². The Morgan fingerprint density at radius 2 is 1.89 bits per heavy atom. The summed E-state index contributed by atoms with van der Waals surface area (Å²) in [4.78, 5) is 22.7. The van der Waals surface area contributed by atoms with E-state index in [9.17, 15) is 9.59 Å². The van der Waals surface area contributed by atoms with E-state index in [0.717, 1.165) is 38.6 Å². The first kappa shape index (κ1) is 15.8. The molecule has 6 nitrogen and oxygen atoms in total. The number of urea groups is 1. The molecule has 1 aliphatic rings. The molecule has 110 valence electrons. The molecule has 1 rings (SSSR count). The van der Waals surface area contributed by atoms with Gasteiger partial charge in [-0.25, -0.2) is 4.79 Å². The van der Waals surface area contributed by atoms with Crippen LogP contribution in [0.3, 0.4) is 0 Å². The second-order valence-corrected chi connectivity index (χ2v) is 5.08. The van der Waals surface area contributed by atoms with Gasteiger partial charge in [0.25, 0.3) is 0 Å². The summed E-state index contributed by atoms with van der Waals surface area (Å²) in [5.74, 6) is -0.978. The Labute approximate surface area is 114 Å². The number of carboxylic acids is 1. The number of carbonyl (C=O) groups is 2. The molecule has 1 saturated carbocycles. The van der Waals surface area contributed by atoms with E-state index >= 15 is 0 Å². The summed E-state index contributed by atoms with van der Waals surface area (Å²) in [5, 5.41) is 17.7. The summed E-state index contributed by atoms with van der Waals surface area (Å²) in [7, 11) is 1.87. The van der Waals surface area contributed by atoms with E-state index in [-0.39, 0.29) is 17.9 Å². The molecule has 0 radical (unpaired) electrons. The minimum Gasteiger partial charge on any atom is -0.481 e. The fourth-order valence-corrected chi connectivity index (χ4v) is 2.53. The van der Waals surface area contributed by atoms with Crippen LogP contribution in [-0.4, -0.2) is 43.8 Å². The second kappa shape index (κ2) is 8.74. The fourth-order valence-electron chi connectivity index (χ4n) is 2.53. The third kappa shape index (κ3) is 5.92. The second-order valence-electron chi connectivity index (χ2n) is 5.08. The van der Waals surface area contributed by atoms with Gasteiger partial charge >= 0.3 is 12.0 Å². The summed E-state index contributed by atoms with van der Waals surface area (Å²) in [5.41, 5.74) is 0. The number of hydrogen-bond donors (Lipinski definition) is 4. The zero-order chi connectivity index (χ0) is 14.1. The molecule has 19 heavy (non-hydrogen) atoms. The van der Waals surface area contributed by atoms with E-state index in [4.69, 9.17) is 5.11 Å². The lowest BCUT2D eigenvalue weighted by Gasteiger charge is -2.28. The number of aliphatic carboxylic acids is 1. The molecule has 0 aliphatic heterocycles. The number of nitrogens with one attached hydrogen (secondary N) is 3. The molecule has 6 heteroatoms. The topological polar surface area (TPSA) is 90.5 Å². The highest BCUT2D eigenvalue weighted by molar-refractivity contribution is 5.74. The van der Waals surface area contributed by atoms with Crippen LogP contribution in [-0.2, 0) is 4.79 Å². The molecule has 2 unspecified atom stereocenters. The lowest BCUT2D eigenvalue weighted by molar-refractivity contribution is -0.144. The first-order chi connectivity index (χ1) is 9.15. The normalized spacial score (nSPS) is 22.8. The smallest absolute Gasteiger partial charge is 0.314 e. The van der Waals surface area contributed by atoms with E-state index in [2.05, 4.69) is 16.0 Å². The maximum absolute atomic E-state index is 11.5. The van der Waals surface area contributed by atoms with Gasteiger partial charge in [-0.05, 0) is 38.8 Å². The minimum absolute atomic E-state index is 0.0642. The van der Waals surface area contributed by atoms with Gasteiger partial charge < -0.3 is 21.1 Å². The van der Waals surface area contributed by atoms with Crippen LogP contribution >= 0.6 is 0 Å². The quantitative estimate of drug-likeness (QED) is 0.515. The maximum atomic E-state index is 11.5. The van der Waals surface area contributed by atoms with Crippen LogP contribution in [0.15, 0.2) is 0 Å². The highest BCUT2D eigenvalue weighted by Crippen LogP contribution is 2.29. The van der Waals surface area contributed by atoms with E-state index in [1.807, 2.05) is 7.05 Å². The van der Waals surface area contributed by atoms with Gasteiger partial charge in [0, 0.05) is 13.1 Å². The van der Waals surface area contributed by atoms with Crippen molar-refractivity contribution in [2.75, 3.05) is 26.7 Å². The third-order valence-corrected chi connectivity index (χ3v) is 3.64. The summed E-state index contributed by atoms with van der Waals surface area (Å²) in [6.07, 6.45) is 4.52. The Kier molecular flexibility index (Phi) is 7.25. The number of rotatable bonds is 7. The lowest BCUT2D eigenvalue weighted by Crippen LogP contribution is -2.42. The van der Waals surface area contributed by atoms with Crippen LogP contribution in [0.25, 0.3) is 0 Å². The SMILES string of the molecule is CNCCCNC(=O)NCC1CCCCC1C(=O)O. The van der Waals surface area contributed by atoms with Crippen LogP contribution in [0.2, 0.25) is 0 Å². The van der Waals surface area contributed by atoms with Crippen molar-refractivity contribution in [2.45, 2.75) is 32.1 Å². The highest BCUT2D eigenvalue weighted by atomic mass is 16.4. The molecule has 0 aromatic carbocycles. The molecule has 0 spiro atoms. The zero-order valence-corrected chi connectivity index (χ0v) is 11.6. The van der Waals surface area contributed by atoms with Crippen LogP contribution in [0.5, 0.6) is 0 Å². The van der Waals surface area contributed by atoms with Crippen LogP contribution in [0.4, 0.5) is 4.79 Å². The standard InChI is InChI=1S/C13H25N3O3/c1-14-7-4-8-15-13(19)16-9-10-5-2-3-6-11(10)12(17)18/h10-11,14H,2-9H2,1H3,(H,17,18)(H2,15,16,19). The van der Waals surface area contributed by atoms with Crippen molar-refractivity contribution < 1.29 is 14.7 Å². The van der Waals surface area contributed by atoms with Gasteiger partial charge in [0.2, 0.25) is 0 Å². The molecular weight excluding hydrogens is 246 g/mol. The molecule has 2 atom stereocenters. The summed E-state index contributed by atoms with van der Waals surface area (Å²) in [6, 6.07) is -0.203. The van der Waals surface area contributed by atoms with Crippen LogP contribution in [0, 0.1) is 11.8 Å². The van der Waals surface area contributed by atoms with E-state index in [0.29, 0.717) is 13.1 Å². The number of carboxylic acid groups (broad SMARTS) is 1. The van der Waals surface area contributed by atoms with Gasteiger partial charge in [0.1, 0.15) is 0 Å². The number of hydrogen-bond acceptors (Lipinski definition) is 3. The van der Waals surface area contributed by atoms with Gasteiger partial charge in [-0.1, -0.05) is 12.8 Å². The largest absolute Gasteiger partial charge is 0.481 e. The van der Waals surface area contributed by atoms with Gasteiger partial charge in [-0.2, -0.15) is 0 Å². The number of amides is 2. The van der Waals surface area contributed by atoms with Crippen LogP contribution < -0.4 is 16.0 Å². The molecule has 0 bridgehead atoms. The van der Waals surface area contributed by atoms with E-state index in [1.54, 1.807) is 0 Å². The van der Waals surface area contributed by atoms with Gasteiger partial charge in [0.05, 0.1) is 5.92 Å². The molecular formula is C13H25N3O3. The number of carbonyl (C=O) groups excluding carboxylic acids is 1. The molecule has 4 N–H and O–H groups in total. The first-order valence-corrected chi connectivity index (χ1v) is 7.04. The fraction of sp³-hybridized carbons (Fsp3) is 0.846. The van der Waals surface area contributed by atoms with Gasteiger partial charge in [-0.15, -0.1) is 0 Å². The molecule has 0 aromatic heterocycles. The monoisotopic (exact) mass is 271 g/mol. The molecule has 0 saturated heterocycles. The average Bonchev–Trinajstić information content (AvgIpc) is 2.41. The predicted octanol–water partition coefficient (Wildman–Crippen LogP) is 0.786. The Morgan fingerprint density at radius 1 is 1.16 bits per heavy atom. The van der Waals surface area contributed by atoms with Crippen molar-refractivity contribution in [1.82, 2.24) is 16.0 Å². The van der Waals surface area contributed by atoms with E-state index < -0.39 is 5.97 Å². The molecule has 1 aliphatic carbocycles. The Bertz CT molecular complexity index is 297. The van der Waals surface area contributed by atoms with Gasteiger partial charge in [-0.3, -0.25) is 4.79 Å². The molecule has 0 heterocycles. The Hall–Kier alpha value is -1.30. The van der Waals surface area contributed by atoms with Crippen molar-refractivity contribution in [3.8, 4) is 0 Å². The lowest BCUT2D eigenvalue weighted by atomic mass is 9.79. The van der Waals surface area contributed by atoms with Crippen molar-refractivity contribution in [1.29, 1.82) is 0 Å². The van der Waals surface area contributed by atoms with Gasteiger partial charge in [0.15, 0.2) is 0 Å². The zero-order valence-electron chi connectivity index (χ0n) is 11.6. The van der Waals surface area contributed by atoms with Crippen molar-refractivity contribution in [3.63, 3.8) is 0 Å². The Balaban J connectivity index is 2.22.